The average molecular weight is 877 g/mol. The van der Waals surface area contributed by atoms with Crippen LogP contribution >= 0.6 is 0 Å². The van der Waals surface area contributed by atoms with Crippen LogP contribution in [-0.4, -0.2) is 30.8 Å². The summed E-state index contributed by atoms with van der Waals surface area (Å²) in [4.78, 5) is 34.6. The van der Waals surface area contributed by atoms with Crippen LogP contribution in [-0.2, 0) is 14.4 Å². The maximum absolute atomic E-state index is 12.0. The van der Waals surface area contributed by atoms with E-state index in [0.29, 0.717) is 32.4 Å². The molecule has 0 aliphatic heterocycles. The van der Waals surface area contributed by atoms with Gasteiger partial charge >= 0.3 is 0 Å². The summed E-state index contributed by atoms with van der Waals surface area (Å²) < 4.78 is 0. The summed E-state index contributed by atoms with van der Waals surface area (Å²) in [5, 5.41) is 5.91. The van der Waals surface area contributed by atoms with Gasteiger partial charge in [0.15, 0.2) is 0 Å². The van der Waals surface area contributed by atoms with Crippen molar-refractivity contribution in [2.45, 2.75) is 329 Å². The Kier molecular flexibility index (Phi) is 57.9. The third-order valence-electron chi connectivity index (χ3n) is 12.8. The molecule has 370 valence electrons. The molecule has 6 nitrogen and oxygen atoms in total. The van der Waals surface area contributed by atoms with Crippen LogP contribution in [0.3, 0.4) is 0 Å². The Morgan fingerprint density at radius 1 is 0.258 bits per heavy atom. The normalized spacial score (nSPS) is 11.1. The number of rotatable bonds is 51. The van der Waals surface area contributed by atoms with Gasteiger partial charge in [-0.3, -0.25) is 14.4 Å². The van der Waals surface area contributed by atoms with Crippen molar-refractivity contribution in [3.8, 4) is 0 Å². The molecule has 0 atom stereocenters. The molecular formula is C56H113N3O3. The SMILES string of the molecule is CCCCCCCCCCCCCCCCCC(=O)NCCNC(=O)CCCCCCCCCCCCCCCCC.CCCCCCCCCCCCCCCCCC(N)=O. The van der Waals surface area contributed by atoms with E-state index < -0.39 is 0 Å². The molecule has 0 aliphatic rings. The molecule has 4 N–H and O–H groups in total. The topological polar surface area (TPSA) is 101 Å². The molecule has 0 aromatic carbocycles. The zero-order chi connectivity index (χ0) is 45.5. The summed E-state index contributed by atoms with van der Waals surface area (Å²) in [5.74, 6) is 0.0994. The van der Waals surface area contributed by atoms with Crippen LogP contribution in [0.25, 0.3) is 0 Å². The zero-order valence-corrected chi connectivity index (χ0v) is 42.7. The molecule has 0 fully saturated rings. The van der Waals surface area contributed by atoms with E-state index >= 15 is 0 Å². The minimum absolute atomic E-state index is 0.126. The highest BCUT2D eigenvalue weighted by Crippen LogP contribution is 2.16. The zero-order valence-electron chi connectivity index (χ0n) is 42.7. The molecular weight excluding hydrogens is 763 g/mol. The smallest absolute Gasteiger partial charge is 0.220 e. The lowest BCUT2D eigenvalue weighted by molar-refractivity contribution is -0.123. The largest absolute Gasteiger partial charge is 0.370 e. The third-order valence-corrected chi connectivity index (χ3v) is 12.8. The Morgan fingerprint density at radius 2 is 0.419 bits per heavy atom. The van der Waals surface area contributed by atoms with Crippen molar-refractivity contribution in [1.29, 1.82) is 0 Å². The Hall–Kier alpha value is -1.59. The second-order valence-electron chi connectivity index (χ2n) is 19.3. The second kappa shape index (κ2) is 57.4. The third kappa shape index (κ3) is 60.5. The van der Waals surface area contributed by atoms with Gasteiger partial charge in [-0.05, 0) is 19.3 Å². The van der Waals surface area contributed by atoms with Gasteiger partial charge in [0.25, 0.3) is 0 Å². The molecule has 6 heteroatoms. The summed E-state index contributed by atoms with van der Waals surface area (Å²) in [6.45, 7) is 7.93. The summed E-state index contributed by atoms with van der Waals surface area (Å²) in [6, 6.07) is 0. The fourth-order valence-corrected chi connectivity index (χ4v) is 8.56. The fourth-order valence-electron chi connectivity index (χ4n) is 8.56. The van der Waals surface area contributed by atoms with Crippen molar-refractivity contribution < 1.29 is 14.4 Å². The predicted octanol–water partition coefficient (Wildman–Crippen LogP) is 17.5. The first kappa shape index (κ1) is 62.5. The number of nitrogens with two attached hydrogens (primary N) is 1. The molecule has 3 amide bonds. The van der Waals surface area contributed by atoms with Gasteiger partial charge in [0.2, 0.25) is 17.7 Å². The Bertz CT molecular complexity index is 833. The number of carbonyl (C=O) groups excluding carboxylic acids is 3. The lowest BCUT2D eigenvalue weighted by Gasteiger charge is -2.07. The maximum Gasteiger partial charge on any atom is 0.220 e. The molecule has 0 bridgehead atoms. The summed E-state index contributed by atoms with van der Waals surface area (Å²) in [6.07, 6.45) is 62.3. The standard InChI is InChI=1S/C38H76N2O2.C18H37NO/c1-3-5-7-9-11-13-15-17-19-21-23-25-27-29-31-33-37(41)39-35-36-40-38(42)34-32-30-28-26-24-22-20-18-16-14-12-10-8-6-4-2;1-2-3-4-5-6-7-8-9-10-11-12-13-14-15-16-17-18(19)20/h3-36H2,1-2H3,(H,39,41)(H,40,42);2-17H2,1H3,(H2,19,20). The van der Waals surface area contributed by atoms with Gasteiger partial charge in [-0.15, -0.1) is 0 Å². The van der Waals surface area contributed by atoms with Crippen LogP contribution in [0.5, 0.6) is 0 Å². The molecule has 0 rings (SSSR count). The van der Waals surface area contributed by atoms with E-state index in [2.05, 4.69) is 31.4 Å². The molecule has 62 heavy (non-hydrogen) atoms. The Balaban J connectivity index is 0. The second-order valence-corrected chi connectivity index (χ2v) is 19.3. The number of nitrogens with one attached hydrogen (secondary N) is 2. The van der Waals surface area contributed by atoms with Crippen molar-refractivity contribution in [2.24, 2.45) is 5.73 Å². The molecule has 0 saturated heterocycles. The average Bonchev–Trinajstić information content (AvgIpc) is 3.26. The van der Waals surface area contributed by atoms with E-state index in [4.69, 9.17) is 5.73 Å². The highest BCUT2D eigenvalue weighted by atomic mass is 16.2. The van der Waals surface area contributed by atoms with Gasteiger partial charge in [0, 0.05) is 32.4 Å². The molecule has 0 spiro atoms. The highest BCUT2D eigenvalue weighted by Gasteiger charge is 2.04. The van der Waals surface area contributed by atoms with E-state index in [0.717, 1.165) is 32.1 Å². The van der Waals surface area contributed by atoms with Gasteiger partial charge in [-0.2, -0.15) is 0 Å². The van der Waals surface area contributed by atoms with Gasteiger partial charge in [-0.1, -0.05) is 290 Å². The first-order valence-corrected chi connectivity index (χ1v) is 28.3. The number of unbranched alkanes of at least 4 members (excludes halogenated alkanes) is 42. The van der Waals surface area contributed by atoms with Gasteiger partial charge in [0.1, 0.15) is 0 Å². The quantitative estimate of drug-likeness (QED) is 0.0531. The summed E-state index contributed by atoms with van der Waals surface area (Å²) in [7, 11) is 0. The van der Waals surface area contributed by atoms with Gasteiger partial charge in [-0.25, -0.2) is 0 Å². The molecule has 0 aliphatic carbocycles. The van der Waals surface area contributed by atoms with Crippen molar-refractivity contribution >= 4 is 17.7 Å². The van der Waals surface area contributed by atoms with E-state index in [9.17, 15) is 14.4 Å². The van der Waals surface area contributed by atoms with Crippen LogP contribution in [0, 0.1) is 0 Å². The van der Waals surface area contributed by atoms with Crippen molar-refractivity contribution in [2.75, 3.05) is 13.1 Å². The highest BCUT2D eigenvalue weighted by molar-refractivity contribution is 5.77. The lowest BCUT2D eigenvalue weighted by atomic mass is 10.0. The molecule has 0 unspecified atom stereocenters. The van der Waals surface area contributed by atoms with Crippen LogP contribution in [0.4, 0.5) is 0 Å². The Labute approximate surface area is 389 Å². The van der Waals surface area contributed by atoms with Crippen molar-refractivity contribution in [3.05, 3.63) is 0 Å². The Morgan fingerprint density at radius 3 is 0.597 bits per heavy atom. The number of primary amides is 1. The molecule has 0 saturated carbocycles. The molecule has 0 radical (unpaired) electrons. The van der Waals surface area contributed by atoms with Gasteiger partial charge < -0.3 is 16.4 Å². The first-order valence-electron chi connectivity index (χ1n) is 28.3. The van der Waals surface area contributed by atoms with Crippen LogP contribution in [0.1, 0.15) is 329 Å². The van der Waals surface area contributed by atoms with E-state index in [1.807, 2.05) is 0 Å². The van der Waals surface area contributed by atoms with Crippen molar-refractivity contribution in [1.82, 2.24) is 10.6 Å². The van der Waals surface area contributed by atoms with Gasteiger partial charge in [0.05, 0.1) is 0 Å². The molecule has 0 heterocycles. The number of carbonyl (C=O) groups is 3. The van der Waals surface area contributed by atoms with Crippen LogP contribution < -0.4 is 16.4 Å². The van der Waals surface area contributed by atoms with Crippen LogP contribution in [0.15, 0.2) is 0 Å². The van der Waals surface area contributed by atoms with Crippen molar-refractivity contribution in [3.63, 3.8) is 0 Å². The number of hydrogen-bond acceptors (Lipinski definition) is 3. The minimum Gasteiger partial charge on any atom is -0.370 e. The molecule has 0 aromatic heterocycles. The minimum atomic E-state index is -0.153. The van der Waals surface area contributed by atoms with E-state index in [1.54, 1.807) is 0 Å². The molecule has 0 aromatic rings. The monoisotopic (exact) mass is 876 g/mol. The summed E-state index contributed by atoms with van der Waals surface area (Å²) in [5.41, 5.74) is 5.11. The maximum atomic E-state index is 12.0. The number of amides is 3. The number of hydrogen-bond donors (Lipinski definition) is 3. The van der Waals surface area contributed by atoms with E-state index in [1.165, 1.54) is 257 Å². The predicted molar refractivity (Wildman–Crippen MR) is 274 cm³/mol. The fraction of sp³-hybridized carbons (Fsp3) is 0.946. The van der Waals surface area contributed by atoms with E-state index in [-0.39, 0.29) is 17.7 Å². The lowest BCUT2D eigenvalue weighted by Crippen LogP contribution is -2.34. The van der Waals surface area contributed by atoms with Crippen LogP contribution in [0.2, 0.25) is 0 Å². The first-order chi connectivity index (χ1) is 30.5. The summed E-state index contributed by atoms with van der Waals surface area (Å²) >= 11 is 0.